The molecule has 0 atom stereocenters. The second-order valence-corrected chi connectivity index (χ2v) is 4.74. The molecule has 2 saturated carbocycles. The molecule has 3 heteroatoms. The summed E-state index contributed by atoms with van der Waals surface area (Å²) in [6.07, 6.45) is 6.58. The lowest BCUT2D eigenvalue weighted by molar-refractivity contribution is -0.143. The van der Waals surface area contributed by atoms with E-state index < -0.39 is 5.97 Å². The van der Waals surface area contributed by atoms with Crippen molar-refractivity contribution in [2.75, 3.05) is 7.05 Å². The Kier molecular flexibility index (Phi) is 2.77. The Labute approximate surface area is 85.1 Å². The molecule has 2 rings (SSSR count). The van der Waals surface area contributed by atoms with Crippen LogP contribution in [0.15, 0.2) is 0 Å². The molecule has 0 amide bonds. The zero-order valence-corrected chi connectivity index (χ0v) is 8.78. The first-order chi connectivity index (χ1) is 6.68. The minimum atomic E-state index is -0.600. The van der Waals surface area contributed by atoms with Gasteiger partial charge in [-0.3, -0.25) is 4.79 Å². The summed E-state index contributed by atoms with van der Waals surface area (Å²) in [4.78, 5) is 13.2. The van der Waals surface area contributed by atoms with E-state index in [1.807, 2.05) is 0 Å². The fourth-order valence-electron chi connectivity index (χ4n) is 2.51. The Bertz CT molecular complexity index is 217. The van der Waals surface area contributed by atoms with Crippen molar-refractivity contribution in [2.24, 2.45) is 5.92 Å². The third-order valence-corrected chi connectivity index (χ3v) is 3.74. The first-order valence-corrected chi connectivity index (χ1v) is 5.63. The topological polar surface area (TPSA) is 40.5 Å². The molecule has 2 aliphatic carbocycles. The van der Waals surface area contributed by atoms with Gasteiger partial charge >= 0.3 is 5.97 Å². The van der Waals surface area contributed by atoms with E-state index in [9.17, 15) is 4.79 Å². The van der Waals surface area contributed by atoms with Crippen molar-refractivity contribution in [2.45, 2.75) is 50.6 Å². The molecule has 0 aromatic heterocycles. The van der Waals surface area contributed by atoms with Crippen LogP contribution in [0.5, 0.6) is 0 Å². The van der Waals surface area contributed by atoms with Crippen LogP contribution in [0.4, 0.5) is 0 Å². The molecular weight excluding hydrogens is 178 g/mol. The SMILES string of the molecule is CN(C1CCC(C(=O)O)CC1)C1CC1. The highest BCUT2D eigenvalue weighted by Crippen LogP contribution is 2.33. The second-order valence-electron chi connectivity index (χ2n) is 4.74. The Hall–Kier alpha value is -0.570. The van der Waals surface area contributed by atoms with E-state index in [4.69, 9.17) is 5.11 Å². The summed E-state index contributed by atoms with van der Waals surface area (Å²) in [5, 5.41) is 8.87. The minimum Gasteiger partial charge on any atom is -0.481 e. The minimum absolute atomic E-state index is 0.0705. The number of hydrogen-bond donors (Lipinski definition) is 1. The second kappa shape index (κ2) is 3.89. The van der Waals surface area contributed by atoms with E-state index in [1.54, 1.807) is 0 Å². The zero-order valence-electron chi connectivity index (χ0n) is 8.78. The van der Waals surface area contributed by atoms with Gasteiger partial charge in [-0.25, -0.2) is 0 Å². The van der Waals surface area contributed by atoms with Gasteiger partial charge in [-0.2, -0.15) is 0 Å². The molecule has 1 N–H and O–H groups in total. The van der Waals surface area contributed by atoms with Gasteiger partial charge < -0.3 is 10.0 Å². The number of nitrogens with zero attached hydrogens (tertiary/aromatic N) is 1. The van der Waals surface area contributed by atoms with Crippen molar-refractivity contribution < 1.29 is 9.90 Å². The molecule has 2 aliphatic rings. The normalized spacial score (nSPS) is 33.3. The molecule has 0 spiro atoms. The summed E-state index contributed by atoms with van der Waals surface area (Å²) in [5.74, 6) is -0.670. The molecule has 0 unspecified atom stereocenters. The van der Waals surface area contributed by atoms with Crippen LogP contribution in [0.2, 0.25) is 0 Å². The highest BCUT2D eigenvalue weighted by molar-refractivity contribution is 5.70. The lowest BCUT2D eigenvalue weighted by Crippen LogP contribution is -2.37. The maximum Gasteiger partial charge on any atom is 0.306 e. The number of rotatable bonds is 3. The first-order valence-electron chi connectivity index (χ1n) is 5.63. The van der Waals surface area contributed by atoms with Gasteiger partial charge in [0.15, 0.2) is 0 Å². The summed E-state index contributed by atoms with van der Waals surface area (Å²) in [6.45, 7) is 0. The van der Waals surface area contributed by atoms with Gasteiger partial charge in [-0.05, 0) is 45.6 Å². The van der Waals surface area contributed by atoms with Crippen LogP contribution >= 0.6 is 0 Å². The van der Waals surface area contributed by atoms with Crippen molar-refractivity contribution in [3.05, 3.63) is 0 Å². The monoisotopic (exact) mass is 197 g/mol. The van der Waals surface area contributed by atoms with Crippen LogP contribution in [-0.4, -0.2) is 35.1 Å². The molecule has 0 aliphatic heterocycles. The van der Waals surface area contributed by atoms with E-state index in [0.29, 0.717) is 6.04 Å². The summed E-state index contributed by atoms with van der Waals surface area (Å²) in [6, 6.07) is 1.46. The number of carbonyl (C=O) groups is 1. The van der Waals surface area contributed by atoms with Crippen molar-refractivity contribution in [1.82, 2.24) is 4.90 Å². The summed E-state index contributed by atoms with van der Waals surface area (Å²) in [5.41, 5.74) is 0. The van der Waals surface area contributed by atoms with Crippen molar-refractivity contribution in [1.29, 1.82) is 0 Å². The van der Waals surface area contributed by atoms with Crippen molar-refractivity contribution >= 4 is 5.97 Å². The van der Waals surface area contributed by atoms with Gasteiger partial charge in [0.05, 0.1) is 5.92 Å². The molecule has 0 saturated heterocycles. The predicted molar refractivity (Wildman–Crippen MR) is 54.2 cm³/mol. The Balaban J connectivity index is 1.80. The van der Waals surface area contributed by atoms with Gasteiger partial charge in [-0.15, -0.1) is 0 Å². The van der Waals surface area contributed by atoms with Crippen molar-refractivity contribution in [3.8, 4) is 0 Å². The maximum absolute atomic E-state index is 10.8. The fourth-order valence-corrected chi connectivity index (χ4v) is 2.51. The predicted octanol–water partition coefficient (Wildman–Crippen LogP) is 1.72. The van der Waals surface area contributed by atoms with E-state index in [-0.39, 0.29) is 5.92 Å². The highest BCUT2D eigenvalue weighted by atomic mass is 16.4. The van der Waals surface area contributed by atoms with Crippen LogP contribution < -0.4 is 0 Å². The van der Waals surface area contributed by atoms with Crippen LogP contribution in [-0.2, 0) is 4.79 Å². The Morgan fingerprint density at radius 3 is 1.86 bits per heavy atom. The Morgan fingerprint density at radius 1 is 1.07 bits per heavy atom. The van der Waals surface area contributed by atoms with Crippen LogP contribution in [0.3, 0.4) is 0 Å². The van der Waals surface area contributed by atoms with Crippen LogP contribution in [0.25, 0.3) is 0 Å². The molecule has 80 valence electrons. The van der Waals surface area contributed by atoms with Crippen molar-refractivity contribution in [3.63, 3.8) is 0 Å². The summed E-state index contributed by atoms with van der Waals surface area (Å²) >= 11 is 0. The van der Waals surface area contributed by atoms with E-state index >= 15 is 0 Å². The van der Waals surface area contributed by atoms with Gasteiger partial charge in [0.2, 0.25) is 0 Å². The van der Waals surface area contributed by atoms with Gasteiger partial charge in [0.1, 0.15) is 0 Å². The molecule has 0 heterocycles. The first kappa shape index (κ1) is 9.97. The molecule has 3 nitrogen and oxygen atoms in total. The summed E-state index contributed by atoms with van der Waals surface area (Å²) < 4.78 is 0. The molecule has 0 bridgehead atoms. The third kappa shape index (κ3) is 2.08. The number of hydrogen-bond acceptors (Lipinski definition) is 2. The third-order valence-electron chi connectivity index (χ3n) is 3.74. The zero-order chi connectivity index (χ0) is 10.1. The van der Waals surface area contributed by atoms with E-state index in [0.717, 1.165) is 31.7 Å². The summed E-state index contributed by atoms with van der Waals surface area (Å²) in [7, 11) is 2.20. The van der Waals surface area contributed by atoms with Gasteiger partial charge in [0.25, 0.3) is 0 Å². The molecule has 2 fully saturated rings. The number of carboxylic acids is 1. The Morgan fingerprint density at radius 2 is 1.50 bits per heavy atom. The average Bonchev–Trinajstić information content (AvgIpc) is 3.00. The fraction of sp³-hybridized carbons (Fsp3) is 0.909. The number of aliphatic carboxylic acids is 1. The van der Waals surface area contributed by atoms with Gasteiger partial charge in [-0.1, -0.05) is 0 Å². The lowest BCUT2D eigenvalue weighted by atomic mass is 9.85. The molecule has 0 aromatic carbocycles. The molecule has 0 radical (unpaired) electrons. The quantitative estimate of drug-likeness (QED) is 0.749. The maximum atomic E-state index is 10.8. The van der Waals surface area contributed by atoms with E-state index in [1.165, 1.54) is 12.8 Å². The molecule has 0 aromatic rings. The van der Waals surface area contributed by atoms with E-state index in [2.05, 4.69) is 11.9 Å². The van der Waals surface area contributed by atoms with Gasteiger partial charge in [0, 0.05) is 12.1 Å². The van der Waals surface area contributed by atoms with Crippen LogP contribution in [0.1, 0.15) is 38.5 Å². The largest absolute Gasteiger partial charge is 0.481 e. The standard InChI is InChI=1S/C11H19NO2/c1-12(10-6-7-10)9-4-2-8(3-5-9)11(13)14/h8-10H,2-7H2,1H3,(H,13,14). The number of carboxylic acid groups (broad SMARTS) is 1. The highest BCUT2D eigenvalue weighted by Gasteiger charge is 2.34. The van der Waals surface area contributed by atoms with Crippen LogP contribution in [0, 0.1) is 5.92 Å². The molecular formula is C11H19NO2. The molecule has 14 heavy (non-hydrogen) atoms. The average molecular weight is 197 g/mol. The smallest absolute Gasteiger partial charge is 0.306 e. The lowest BCUT2D eigenvalue weighted by Gasteiger charge is -2.33.